The molecule has 62 heavy (non-hydrogen) atoms. The summed E-state index contributed by atoms with van der Waals surface area (Å²) in [5.41, 5.74) is 11.6. The van der Waals surface area contributed by atoms with Crippen LogP contribution in [0.15, 0.2) is 212 Å². The number of hydrogen-bond donors (Lipinski definition) is 0. The summed E-state index contributed by atoms with van der Waals surface area (Å²) in [7, 11) is 0. The number of nitrogens with zero attached hydrogens (tertiary/aromatic N) is 7. The lowest BCUT2D eigenvalue weighted by Gasteiger charge is -2.16. The fourth-order valence-corrected chi connectivity index (χ4v) is 7.46. The van der Waals surface area contributed by atoms with E-state index in [1.54, 1.807) is 0 Å². The Morgan fingerprint density at radius 2 is 0.581 bits per heavy atom. The number of hydrogen-bond acceptors (Lipinski definition) is 6. The van der Waals surface area contributed by atoms with Crippen molar-refractivity contribution in [3.63, 3.8) is 0 Å². The Labute approximate surface area is 359 Å². The molecule has 0 fully saturated rings. The van der Waals surface area contributed by atoms with Crippen LogP contribution in [0.5, 0.6) is 0 Å². The summed E-state index contributed by atoms with van der Waals surface area (Å²) in [5, 5.41) is 0. The standard InChI is InChI=1S/C55H35N7/c1-56-47-30-27-38(28-31-47)44-33-45(35-46(34-44)54-59-50(39-19-9-3-10-20-39)57-51(60-54)40-21-11-4-12-22-40)49-36-43(37-17-7-2-8-18-37)29-32-48(49)55-61-52(41-23-13-5-14-24-41)58-53(62-55)42-25-15-6-16-26-42/h2-36H. The summed E-state index contributed by atoms with van der Waals surface area (Å²) in [6.07, 6.45) is 0. The first-order valence-corrected chi connectivity index (χ1v) is 20.2. The van der Waals surface area contributed by atoms with Gasteiger partial charge in [0.2, 0.25) is 0 Å². The fraction of sp³-hybridized carbons (Fsp3) is 0. The van der Waals surface area contributed by atoms with E-state index in [0.29, 0.717) is 40.6 Å². The van der Waals surface area contributed by atoms with Gasteiger partial charge in [0, 0.05) is 33.4 Å². The van der Waals surface area contributed by atoms with Crippen molar-refractivity contribution in [1.29, 1.82) is 0 Å². The molecule has 7 heteroatoms. The molecule has 0 bridgehead atoms. The molecule has 7 nitrogen and oxygen atoms in total. The van der Waals surface area contributed by atoms with Gasteiger partial charge in [-0.1, -0.05) is 182 Å². The number of benzene rings is 8. The fourth-order valence-electron chi connectivity index (χ4n) is 7.46. The molecule has 10 aromatic rings. The molecule has 290 valence electrons. The minimum absolute atomic E-state index is 0.525. The third kappa shape index (κ3) is 7.87. The first kappa shape index (κ1) is 37.5. The summed E-state index contributed by atoms with van der Waals surface area (Å²) < 4.78 is 0. The van der Waals surface area contributed by atoms with Crippen LogP contribution in [0.3, 0.4) is 0 Å². The third-order valence-corrected chi connectivity index (χ3v) is 10.6. The van der Waals surface area contributed by atoms with Gasteiger partial charge in [0.15, 0.2) is 40.6 Å². The SMILES string of the molecule is [C-]#[N+]c1ccc(-c2cc(-c3nc(-c4ccccc4)nc(-c4ccccc4)n3)cc(-c3cc(-c4ccccc4)ccc3-c3nc(-c4ccccc4)nc(-c4ccccc4)n3)c2)cc1. The highest BCUT2D eigenvalue weighted by Gasteiger charge is 2.20. The van der Waals surface area contributed by atoms with Gasteiger partial charge in [-0.2, -0.15) is 0 Å². The highest BCUT2D eigenvalue weighted by molar-refractivity contribution is 5.90. The van der Waals surface area contributed by atoms with Crippen LogP contribution in [-0.4, -0.2) is 29.9 Å². The zero-order valence-electron chi connectivity index (χ0n) is 33.3. The maximum Gasteiger partial charge on any atom is 0.187 e. The van der Waals surface area contributed by atoms with Gasteiger partial charge in [-0.15, -0.1) is 0 Å². The zero-order valence-corrected chi connectivity index (χ0v) is 33.3. The summed E-state index contributed by atoms with van der Waals surface area (Å²) in [6, 6.07) is 70.9. The Bertz CT molecular complexity index is 3090. The van der Waals surface area contributed by atoms with E-state index >= 15 is 0 Å². The molecule has 0 saturated heterocycles. The van der Waals surface area contributed by atoms with E-state index in [1.807, 2.05) is 164 Å². The molecular weight excluding hydrogens is 759 g/mol. The van der Waals surface area contributed by atoms with Gasteiger partial charge in [0.05, 0.1) is 6.57 Å². The quantitative estimate of drug-likeness (QED) is 0.135. The average molecular weight is 794 g/mol. The Hall–Kier alpha value is -8.73. The average Bonchev–Trinajstić information content (AvgIpc) is 3.37. The van der Waals surface area contributed by atoms with Crippen molar-refractivity contribution in [2.75, 3.05) is 0 Å². The maximum absolute atomic E-state index is 7.62. The van der Waals surface area contributed by atoms with E-state index in [0.717, 1.165) is 66.8 Å². The van der Waals surface area contributed by atoms with Crippen LogP contribution in [-0.2, 0) is 0 Å². The van der Waals surface area contributed by atoms with Crippen LogP contribution < -0.4 is 0 Å². The van der Waals surface area contributed by atoms with Gasteiger partial charge >= 0.3 is 0 Å². The summed E-state index contributed by atoms with van der Waals surface area (Å²) in [6.45, 7) is 7.62. The molecule has 2 aromatic heterocycles. The minimum atomic E-state index is 0.525. The van der Waals surface area contributed by atoms with Crippen LogP contribution >= 0.6 is 0 Å². The highest BCUT2D eigenvalue weighted by atomic mass is 15.0. The molecule has 0 amide bonds. The van der Waals surface area contributed by atoms with Crippen molar-refractivity contribution in [3.8, 4) is 102 Å². The predicted octanol–water partition coefficient (Wildman–Crippen LogP) is 13.6. The van der Waals surface area contributed by atoms with E-state index in [4.69, 9.17) is 36.5 Å². The van der Waals surface area contributed by atoms with Crippen molar-refractivity contribution >= 4 is 5.69 Å². The van der Waals surface area contributed by atoms with Gasteiger partial charge in [0.25, 0.3) is 0 Å². The van der Waals surface area contributed by atoms with Crippen molar-refractivity contribution in [2.45, 2.75) is 0 Å². The second-order valence-corrected chi connectivity index (χ2v) is 14.7. The molecule has 8 aromatic carbocycles. The van der Waals surface area contributed by atoms with Crippen LogP contribution in [0.1, 0.15) is 0 Å². The lowest BCUT2D eigenvalue weighted by molar-refractivity contribution is 1.07. The third-order valence-electron chi connectivity index (χ3n) is 10.6. The predicted molar refractivity (Wildman–Crippen MR) is 248 cm³/mol. The smallest absolute Gasteiger partial charge is 0.187 e. The molecule has 10 rings (SSSR count). The second kappa shape index (κ2) is 16.9. The van der Waals surface area contributed by atoms with Crippen molar-refractivity contribution in [3.05, 3.63) is 224 Å². The Morgan fingerprint density at radius 3 is 1.02 bits per heavy atom. The van der Waals surface area contributed by atoms with Gasteiger partial charge in [-0.25, -0.2) is 34.7 Å². The van der Waals surface area contributed by atoms with E-state index in [1.165, 1.54) is 0 Å². The molecule has 0 unspecified atom stereocenters. The monoisotopic (exact) mass is 793 g/mol. The first-order chi connectivity index (χ1) is 30.6. The van der Waals surface area contributed by atoms with Crippen molar-refractivity contribution in [2.24, 2.45) is 0 Å². The second-order valence-electron chi connectivity index (χ2n) is 14.7. The Balaban J connectivity index is 1.24. The number of aromatic nitrogens is 6. The molecule has 0 spiro atoms. The molecule has 0 N–H and O–H groups in total. The van der Waals surface area contributed by atoms with Crippen molar-refractivity contribution < 1.29 is 0 Å². The Morgan fingerprint density at radius 1 is 0.242 bits per heavy atom. The van der Waals surface area contributed by atoms with E-state index in [-0.39, 0.29) is 0 Å². The van der Waals surface area contributed by atoms with Crippen LogP contribution in [0.2, 0.25) is 0 Å². The molecule has 0 atom stereocenters. The number of rotatable bonds is 9. The molecular formula is C55H35N7. The van der Waals surface area contributed by atoms with E-state index in [2.05, 4.69) is 53.4 Å². The summed E-state index contributed by atoms with van der Waals surface area (Å²) in [5.74, 6) is 3.36. The minimum Gasteiger partial charge on any atom is -0.238 e. The molecule has 0 aliphatic carbocycles. The summed E-state index contributed by atoms with van der Waals surface area (Å²) in [4.78, 5) is 34.2. The molecule has 2 heterocycles. The lowest BCUT2D eigenvalue weighted by Crippen LogP contribution is -2.02. The maximum atomic E-state index is 7.62. The normalized spacial score (nSPS) is 10.9. The zero-order chi connectivity index (χ0) is 41.7. The van der Waals surface area contributed by atoms with Crippen LogP contribution in [0.4, 0.5) is 5.69 Å². The van der Waals surface area contributed by atoms with Gasteiger partial charge in [0.1, 0.15) is 0 Å². The topological polar surface area (TPSA) is 81.7 Å². The first-order valence-electron chi connectivity index (χ1n) is 20.2. The lowest BCUT2D eigenvalue weighted by atomic mass is 9.90. The van der Waals surface area contributed by atoms with Gasteiger partial charge in [-0.3, -0.25) is 0 Å². The van der Waals surface area contributed by atoms with Gasteiger partial charge < -0.3 is 0 Å². The van der Waals surface area contributed by atoms with Crippen LogP contribution in [0, 0.1) is 6.57 Å². The highest BCUT2D eigenvalue weighted by Crippen LogP contribution is 2.40. The molecule has 0 saturated carbocycles. The summed E-state index contributed by atoms with van der Waals surface area (Å²) >= 11 is 0. The molecule has 0 radical (unpaired) electrons. The molecule has 0 aliphatic heterocycles. The van der Waals surface area contributed by atoms with Crippen molar-refractivity contribution in [1.82, 2.24) is 29.9 Å². The largest absolute Gasteiger partial charge is 0.238 e. The molecule has 0 aliphatic rings. The van der Waals surface area contributed by atoms with E-state index in [9.17, 15) is 0 Å². The Kier molecular flexibility index (Phi) is 10.2. The van der Waals surface area contributed by atoms with Gasteiger partial charge in [-0.05, 0) is 63.7 Å². The van der Waals surface area contributed by atoms with Crippen LogP contribution in [0.25, 0.3) is 107 Å². The van der Waals surface area contributed by atoms with E-state index < -0.39 is 0 Å².